The van der Waals surface area contributed by atoms with Gasteiger partial charge in [-0.25, -0.2) is 0 Å². The van der Waals surface area contributed by atoms with Crippen molar-refractivity contribution < 1.29 is 19.1 Å². The molecular formula is C25H28N2O4. The zero-order valence-electron chi connectivity index (χ0n) is 18.8. The van der Waals surface area contributed by atoms with Crippen LogP contribution in [0.25, 0.3) is 12.2 Å². The molecule has 0 saturated carbocycles. The second-order valence-electron chi connectivity index (χ2n) is 7.36. The average molecular weight is 421 g/mol. The lowest BCUT2D eigenvalue weighted by atomic mass is 10.00. The highest BCUT2D eigenvalue weighted by Gasteiger charge is 2.16. The quantitative estimate of drug-likeness (QED) is 0.501. The SMILES string of the molecule is CC=Cc1cc(C=CC(=O)c2ccc(C(=O)N(C)C)cc2)c(OC)cc1C(=O)N(C)C. The molecule has 2 amide bonds. The number of allylic oxidation sites excluding steroid dienone is 2. The maximum atomic E-state index is 12.6. The summed E-state index contributed by atoms with van der Waals surface area (Å²) in [5.74, 6) is 0.0369. The molecule has 0 aliphatic heterocycles. The van der Waals surface area contributed by atoms with E-state index in [2.05, 4.69) is 0 Å². The molecule has 2 aromatic rings. The second kappa shape index (κ2) is 10.4. The van der Waals surface area contributed by atoms with Crippen molar-refractivity contribution >= 4 is 29.7 Å². The molecular weight excluding hydrogens is 392 g/mol. The minimum absolute atomic E-state index is 0.122. The number of amides is 2. The molecule has 0 spiro atoms. The highest BCUT2D eigenvalue weighted by molar-refractivity contribution is 6.07. The molecule has 0 aliphatic rings. The lowest BCUT2D eigenvalue weighted by Gasteiger charge is -2.15. The van der Waals surface area contributed by atoms with Crippen LogP contribution in [0.5, 0.6) is 5.75 Å². The molecule has 0 aliphatic carbocycles. The number of nitrogens with zero attached hydrogens (tertiary/aromatic N) is 2. The van der Waals surface area contributed by atoms with Crippen molar-refractivity contribution in [1.82, 2.24) is 9.80 Å². The molecule has 0 N–H and O–H groups in total. The lowest BCUT2D eigenvalue weighted by Crippen LogP contribution is -2.22. The van der Waals surface area contributed by atoms with Gasteiger partial charge in [-0.15, -0.1) is 0 Å². The fourth-order valence-corrected chi connectivity index (χ4v) is 2.96. The summed E-state index contributed by atoms with van der Waals surface area (Å²) < 4.78 is 5.45. The van der Waals surface area contributed by atoms with Gasteiger partial charge in [-0.05, 0) is 48.9 Å². The number of hydrogen-bond donors (Lipinski definition) is 0. The number of methoxy groups -OCH3 is 1. The Morgan fingerprint density at radius 1 is 0.806 bits per heavy atom. The van der Waals surface area contributed by atoms with Gasteiger partial charge in [-0.1, -0.05) is 24.3 Å². The van der Waals surface area contributed by atoms with E-state index in [0.29, 0.717) is 28.0 Å². The van der Waals surface area contributed by atoms with Crippen LogP contribution in [-0.2, 0) is 0 Å². The van der Waals surface area contributed by atoms with Crippen molar-refractivity contribution in [3.05, 3.63) is 76.4 Å². The fraction of sp³-hybridized carbons (Fsp3) is 0.240. The molecule has 0 aromatic heterocycles. The van der Waals surface area contributed by atoms with Crippen LogP contribution in [0.3, 0.4) is 0 Å². The summed E-state index contributed by atoms with van der Waals surface area (Å²) >= 11 is 0. The molecule has 2 aromatic carbocycles. The van der Waals surface area contributed by atoms with Gasteiger partial charge in [0.05, 0.1) is 12.7 Å². The molecule has 2 rings (SSSR count). The first-order chi connectivity index (χ1) is 14.7. The first-order valence-electron chi connectivity index (χ1n) is 9.80. The normalized spacial score (nSPS) is 11.0. The highest BCUT2D eigenvalue weighted by atomic mass is 16.5. The average Bonchev–Trinajstić information content (AvgIpc) is 2.76. The summed E-state index contributed by atoms with van der Waals surface area (Å²) in [5, 5.41) is 0. The maximum absolute atomic E-state index is 12.6. The topological polar surface area (TPSA) is 66.9 Å². The van der Waals surface area contributed by atoms with Gasteiger partial charge in [0.25, 0.3) is 11.8 Å². The van der Waals surface area contributed by atoms with Crippen LogP contribution in [0.15, 0.2) is 48.6 Å². The molecule has 6 heteroatoms. The lowest BCUT2D eigenvalue weighted by molar-refractivity contribution is 0.0820. The third-order valence-electron chi connectivity index (χ3n) is 4.62. The summed E-state index contributed by atoms with van der Waals surface area (Å²) in [6, 6.07) is 10.0. The number of ether oxygens (including phenoxy) is 1. The molecule has 162 valence electrons. The zero-order chi connectivity index (χ0) is 23.1. The monoisotopic (exact) mass is 420 g/mol. The van der Waals surface area contributed by atoms with E-state index in [0.717, 1.165) is 5.56 Å². The van der Waals surface area contributed by atoms with Crippen LogP contribution in [0, 0.1) is 0 Å². The number of ketones is 1. The Morgan fingerprint density at radius 2 is 1.39 bits per heavy atom. The number of hydrogen-bond acceptors (Lipinski definition) is 4. The van der Waals surface area contributed by atoms with E-state index in [4.69, 9.17) is 4.74 Å². The maximum Gasteiger partial charge on any atom is 0.254 e. The molecule has 0 fully saturated rings. The second-order valence-corrected chi connectivity index (χ2v) is 7.36. The Hall–Kier alpha value is -3.67. The predicted molar refractivity (Wildman–Crippen MR) is 124 cm³/mol. The Balaban J connectivity index is 2.36. The summed E-state index contributed by atoms with van der Waals surface area (Å²) in [6.07, 6.45) is 6.81. The van der Waals surface area contributed by atoms with Crippen LogP contribution in [0.2, 0.25) is 0 Å². The van der Waals surface area contributed by atoms with Crippen LogP contribution >= 0.6 is 0 Å². The molecule has 6 nitrogen and oxygen atoms in total. The van der Waals surface area contributed by atoms with E-state index in [9.17, 15) is 14.4 Å². The molecule has 0 radical (unpaired) electrons. The van der Waals surface area contributed by atoms with E-state index < -0.39 is 0 Å². The van der Waals surface area contributed by atoms with Gasteiger partial charge in [0.15, 0.2) is 5.78 Å². The Kier molecular flexibility index (Phi) is 7.91. The standard InChI is InChI=1S/C25H28N2O4/c1-7-8-19-15-20(23(31-6)16-21(19)25(30)27(4)5)13-14-22(28)17-9-11-18(12-10-17)24(29)26(2)3/h7-16H,1-6H3. The summed E-state index contributed by atoms with van der Waals surface area (Å²) in [4.78, 5) is 40.1. The van der Waals surface area contributed by atoms with Crippen molar-refractivity contribution in [3.8, 4) is 5.75 Å². The first-order valence-corrected chi connectivity index (χ1v) is 9.80. The van der Waals surface area contributed by atoms with Gasteiger partial charge in [-0.3, -0.25) is 14.4 Å². The van der Waals surface area contributed by atoms with E-state index in [1.54, 1.807) is 64.6 Å². The smallest absolute Gasteiger partial charge is 0.254 e. The minimum Gasteiger partial charge on any atom is -0.496 e. The van der Waals surface area contributed by atoms with Crippen LogP contribution in [0.1, 0.15) is 49.1 Å². The van der Waals surface area contributed by atoms with Crippen LogP contribution in [0.4, 0.5) is 0 Å². The molecule has 31 heavy (non-hydrogen) atoms. The van der Waals surface area contributed by atoms with Crippen molar-refractivity contribution in [2.45, 2.75) is 6.92 Å². The Bertz CT molecular complexity index is 1030. The van der Waals surface area contributed by atoms with Crippen molar-refractivity contribution in [3.63, 3.8) is 0 Å². The minimum atomic E-state index is -0.202. The third kappa shape index (κ3) is 5.69. The molecule has 0 heterocycles. The fourth-order valence-electron chi connectivity index (χ4n) is 2.96. The molecule has 0 unspecified atom stereocenters. The van der Waals surface area contributed by atoms with E-state index >= 15 is 0 Å². The van der Waals surface area contributed by atoms with E-state index in [1.165, 1.54) is 23.0 Å². The van der Waals surface area contributed by atoms with Crippen molar-refractivity contribution in [2.24, 2.45) is 0 Å². The van der Waals surface area contributed by atoms with Gasteiger partial charge in [0.2, 0.25) is 0 Å². The van der Waals surface area contributed by atoms with E-state index in [-0.39, 0.29) is 17.6 Å². The predicted octanol–water partition coefficient (Wildman–Crippen LogP) is 4.03. The highest BCUT2D eigenvalue weighted by Crippen LogP contribution is 2.27. The summed E-state index contributed by atoms with van der Waals surface area (Å²) in [7, 11) is 8.26. The van der Waals surface area contributed by atoms with Gasteiger partial charge in [-0.2, -0.15) is 0 Å². The molecule has 0 saturated heterocycles. The largest absolute Gasteiger partial charge is 0.496 e. The van der Waals surface area contributed by atoms with Gasteiger partial charge >= 0.3 is 0 Å². The third-order valence-corrected chi connectivity index (χ3v) is 4.62. The Labute approximate surface area is 183 Å². The van der Waals surface area contributed by atoms with Crippen LogP contribution < -0.4 is 4.74 Å². The summed E-state index contributed by atoms with van der Waals surface area (Å²) in [5.41, 5.74) is 2.92. The van der Waals surface area contributed by atoms with Gasteiger partial charge < -0.3 is 14.5 Å². The number of rotatable bonds is 7. The molecule has 0 bridgehead atoms. The first kappa shape index (κ1) is 23.6. The number of carbonyl (C=O) groups excluding carboxylic acids is 3. The Morgan fingerprint density at radius 3 is 1.90 bits per heavy atom. The van der Waals surface area contributed by atoms with Gasteiger partial charge in [0, 0.05) is 44.9 Å². The zero-order valence-corrected chi connectivity index (χ0v) is 18.8. The number of carbonyl (C=O) groups is 3. The van der Waals surface area contributed by atoms with Crippen molar-refractivity contribution in [2.75, 3.05) is 35.3 Å². The van der Waals surface area contributed by atoms with Crippen molar-refractivity contribution in [1.29, 1.82) is 0 Å². The molecule has 0 atom stereocenters. The van der Waals surface area contributed by atoms with Gasteiger partial charge in [0.1, 0.15) is 5.75 Å². The summed E-state index contributed by atoms with van der Waals surface area (Å²) in [6.45, 7) is 1.87. The van der Waals surface area contributed by atoms with Crippen LogP contribution in [-0.4, -0.2) is 62.7 Å². The number of benzene rings is 2. The van der Waals surface area contributed by atoms with E-state index in [1.807, 2.05) is 25.1 Å².